The molecule has 0 bridgehead atoms. The van der Waals surface area contributed by atoms with E-state index in [4.69, 9.17) is 4.98 Å². The van der Waals surface area contributed by atoms with Crippen LogP contribution in [0, 0.1) is 5.92 Å². The Balaban J connectivity index is 1.61. The molecule has 118 valence electrons. The van der Waals surface area contributed by atoms with E-state index in [2.05, 4.69) is 21.4 Å². The first kappa shape index (κ1) is 14.3. The summed E-state index contributed by atoms with van der Waals surface area (Å²) in [5.74, 6) is 1.55. The summed E-state index contributed by atoms with van der Waals surface area (Å²) in [4.78, 5) is 13.7. The summed E-state index contributed by atoms with van der Waals surface area (Å²) in [5, 5.41) is 3.47. The van der Waals surface area contributed by atoms with E-state index in [1.807, 2.05) is 41.5 Å². The van der Waals surface area contributed by atoms with Gasteiger partial charge in [-0.05, 0) is 56.8 Å². The zero-order chi connectivity index (χ0) is 15.5. The lowest BCUT2D eigenvalue weighted by atomic mass is 9.95. The van der Waals surface area contributed by atoms with Crippen LogP contribution in [0.5, 0.6) is 0 Å². The van der Waals surface area contributed by atoms with Crippen LogP contribution in [0.2, 0.25) is 0 Å². The van der Waals surface area contributed by atoms with Crippen molar-refractivity contribution in [2.75, 3.05) is 13.1 Å². The maximum absolute atomic E-state index is 4.83. The van der Waals surface area contributed by atoms with Crippen LogP contribution in [0.25, 0.3) is 16.9 Å². The molecule has 0 radical (unpaired) electrons. The largest absolute Gasteiger partial charge is 0.317 e. The van der Waals surface area contributed by atoms with Crippen LogP contribution >= 0.6 is 0 Å². The third-order valence-electron chi connectivity index (χ3n) is 4.57. The van der Waals surface area contributed by atoms with Gasteiger partial charge in [0.2, 0.25) is 0 Å². The second-order valence-electron chi connectivity index (χ2n) is 6.22. The van der Waals surface area contributed by atoms with E-state index in [1.165, 1.54) is 19.3 Å². The van der Waals surface area contributed by atoms with E-state index in [0.29, 0.717) is 5.92 Å². The van der Waals surface area contributed by atoms with E-state index >= 15 is 0 Å². The van der Waals surface area contributed by atoms with Crippen molar-refractivity contribution in [3.63, 3.8) is 0 Å². The van der Waals surface area contributed by atoms with Crippen LogP contribution in [0.15, 0.2) is 43.0 Å². The lowest BCUT2D eigenvalue weighted by Gasteiger charge is -2.13. The Hall–Kier alpha value is -2.27. The van der Waals surface area contributed by atoms with Crippen molar-refractivity contribution in [3.8, 4) is 5.82 Å². The Morgan fingerprint density at radius 3 is 3.09 bits per heavy atom. The monoisotopic (exact) mass is 307 g/mol. The molecule has 1 aliphatic heterocycles. The van der Waals surface area contributed by atoms with E-state index < -0.39 is 0 Å². The van der Waals surface area contributed by atoms with Gasteiger partial charge < -0.3 is 5.32 Å². The zero-order valence-electron chi connectivity index (χ0n) is 13.2. The predicted molar refractivity (Wildman–Crippen MR) is 90.6 cm³/mol. The quantitative estimate of drug-likeness (QED) is 0.808. The van der Waals surface area contributed by atoms with E-state index in [9.17, 15) is 0 Å². The molecule has 0 saturated carbocycles. The third-order valence-corrected chi connectivity index (χ3v) is 4.57. The molecule has 0 amide bonds. The van der Waals surface area contributed by atoms with Gasteiger partial charge >= 0.3 is 0 Å². The molecule has 1 aliphatic rings. The number of fused-ring (bicyclic) bond motifs is 1. The number of benzene rings is 1. The van der Waals surface area contributed by atoms with Gasteiger partial charge in [-0.15, -0.1) is 0 Å². The van der Waals surface area contributed by atoms with Crippen molar-refractivity contribution < 1.29 is 0 Å². The molecule has 1 aromatic carbocycles. The molecule has 1 saturated heterocycles. The molecule has 4 rings (SSSR count). The molecule has 2 aromatic heterocycles. The molecule has 3 aromatic rings. The van der Waals surface area contributed by atoms with Crippen molar-refractivity contribution in [2.24, 2.45) is 5.92 Å². The maximum Gasteiger partial charge on any atom is 0.157 e. The lowest BCUT2D eigenvalue weighted by Crippen LogP contribution is -2.14. The molecule has 3 heterocycles. The highest BCUT2D eigenvalue weighted by molar-refractivity contribution is 5.76. The fourth-order valence-corrected chi connectivity index (χ4v) is 3.34. The minimum atomic E-state index is 0.703. The first-order valence-electron chi connectivity index (χ1n) is 8.34. The Bertz CT molecular complexity index is 787. The number of imidazole rings is 1. The Labute approximate surface area is 135 Å². The lowest BCUT2D eigenvalue weighted by molar-refractivity contribution is 0.464. The number of nitrogens with zero attached hydrogens (tertiary/aromatic N) is 4. The van der Waals surface area contributed by atoms with Gasteiger partial charge in [-0.25, -0.2) is 9.97 Å². The average molecular weight is 307 g/mol. The zero-order valence-corrected chi connectivity index (χ0v) is 13.2. The van der Waals surface area contributed by atoms with Gasteiger partial charge in [0.05, 0.1) is 22.9 Å². The van der Waals surface area contributed by atoms with Crippen LogP contribution in [-0.2, 0) is 6.42 Å². The van der Waals surface area contributed by atoms with Gasteiger partial charge in [0.1, 0.15) is 6.33 Å². The van der Waals surface area contributed by atoms with Crippen LogP contribution in [-0.4, -0.2) is 32.6 Å². The summed E-state index contributed by atoms with van der Waals surface area (Å²) in [5.41, 5.74) is 3.12. The Kier molecular flexibility index (Phi) is 4.03. The second kappa shape index (κ2) is 6.46. The summed E-state index contributed by atoms with van der Waals surface area (Å²) >= 11 is 0. The summed E-state index contributed by atoms with van der Waals surface area (Å²) in [6.07, 6.45) is 10.3. The fraction of sp³-hybridized carbons (Fsp3) is 0.389. The summed E-state index contributed by atoms with van der Waals surface area (Å²) in [6.45, 7) is 2.26. The SMILES string of the molecule is c1ccc2c(c1)ncn2-c1cncc(CC2CCCNCC2)n1. The molecule has 5 nitrogen and oxygen atoms in total. The third kappa shape index (κ3) is 3.10. The van der Waals surface area contributed by atoms with Crippen LogP contribution in [0.4, 0.5) is 0 Å². The van der Waals surface area contributed by atoms with Gasteiger partial charge in [0.15, 0.2) is 5.82 Å². The molecule has 5 heteroatoms. The average Bonchev–Trinajstić information content (AvgIpc) is 2.85. The summed E-state index contributed by atoms with van der Waals surface area (Å²) in [7, 11) is 0. The van der Waals surface area contributed by atoms with E-state index in [-0.39, 0.29) is 0 Å². The minimum absolute atomic E-state index is 0.703. The van der Waals surface area contributed by atoms with Gasteiger partial charge in [-0.2, -0.15) is 0 Å². The first-order valence-corrected chi connectivity index (χ1v) is 8.34. The van der Waals surface area contributed by atoms with Crippen molar-refractivity contribution in [1.29, 1.82) is 0 Å². The number of rotatable bonds is 3. The molecular formula is C18H21N5. The molecule has 0 aliphatic carbocycles. The molecular weight excluding hydrogens is 286 g/mol. The topological polar surface area (TPSA) is 55.6 Å². The van der Waals surface area contributed by atoms with Crippen LogP contribution < -0.4 is 5.32 Å². The molecule has 1 atom stereocenters. The van der Waals surface area contributed by atoms with Crippen molar-refractivity contribution >= 4 is 11.0 Å². The predicted octanol–water partition coefficient (Wildman–Crippen LogP) is 2.75. The fourth-order valence-electron chi connectivity index (χ4n) is 3.34. The standard InChI is InChI=1S/C18H21N5/c1-2-6-17-16(5-1)21-13-23(17)18-12-20-11-15(22-18)10-14-4-3-8-19-9-7-14/h1-2,5-6,11-14,19H,3-4,7-10H2. The smallest absolute Gasteiger partial charge is 0.157 e. The summed E-state index contributed by atoms with van der Waals surface area (Å²) in [6, 6.07) is 8.10. The highest BCUT2D eigenvalue weighted by atomic mass is 15.1. The first-order chi connectivity index (χ1) is 11.4. The number of nitrogens with one attached hydrogen (secondary N) is 1. The van der Waals surface area contributed by atoms with Crippen LogP contribution in [0.3, 0.4) is 0 Å². The minimum Gasteiger partial charge on any atom is -0.317 e. The number of hydrogen-bond acceptors (Lipinski definition) is 4. The molecule has 1 unspecified atom stereocenters. The second-order valence-corrected chi connectivity index (χ2v) is 6.22. The molecule has 1 fully saturated rings. The van der Waals surface area contributed by atoms with E-state index in [0.717, 1.165) is 42.1 Å². The number of hydrogen-bond donors (Lipinski definition) is 1. The van der Waals surface area contributed by atoms with Gasteiger partial charge in [0.25, 0.3) is 0 Å². The number of para-hydroxylation sites is 2. The Morgan fingerprint density at radius 2 is 2.09 bits per heavy atom. The normalized spacial score (nSPS) is 18.9. The highest BCUT2D eigenvalue weighted by Crippen LogP contribution is 2.20. The van der Waals surface area contributed by atoms with Crippen molar-refractivity contribution in [1.82, 2.24) is 24.8 Å². The van der Waals surface area contributed by atoms with E-state index in [1.54, 1.807) is 0 Å². The number of aromatic nitrogens is 4. The van der Waals surface area contributed by atoms with Crippen LogP contribution in [0.1, 0.15) is 25.0 Å². The molecule has 0 spiro atoms. The van der Waals surface area contributed by atoms with Crippen molar-refractivity contribution in [3.05, 3.63) is 48.7 Å². The summed E-state index contributed by atoms with van der Waals surface area (Å²) < 4.78 is 2.01. The maximum atomic E-state index is 4.83. The molecule has 1 N–H and O–H groups in total. The molecule has 23 heavy (non-hydrogen) atoms. The van der Waals surface area contributed by atoms with Gasteiger partial charge in [-0.1, -0.05) is 12.1 Å². The van der Waals surface area contributed by atoms with Gasteiger partial charge in [0, 0.05) is 6.20 Å². The Morgan fingerprint density at radius 1 is 1.13 bits per heavy atom. The highest BCUT2D eigenvalue weighted by Gasteiger charge is 2.14. The van der Waals surface area contributed by atoms with Gasteiger partial charge in [-0.3, -0.25) is 9.55 Å². The van der Waals surface area contributed by atoms with Crippen molar-refractivity contribution in [2.45, 2.75) is 25.7 Å².